The molecule has 21 heavy (non-hydrogen) atoms. The van der Waals surface area contributed by atoms with Crippen molar-refractivity contribution < 1.29 is 0 Å². The molecule has 0 unspecified atom stereocenters. The molecule has 112 valence electrons. The van der Waals surface area contributed by atoms with Gasteiger partial charge in [0.05, 0.1) is 16.9 Å². The third-order valence-corrected chi connectivity index (χ3v) is 4.37. The van der Waals surface area contributed by atoms with Crippen LogP contribution in [0.3, 0.4) is 0 Å². The first-order valence-corrected chi connectivity index (χ1v) is 7.60. The molecule has 2 heterocycles. The summed E-state index contributed by atoms with van der Waals surface area (Å²) in [5.74, 6) is 0. The Labute approximate surface area is 126 Å². The minimum Gasteiger partial charge on any atom is -0.396 e. The van der Waals surface area contributed by atoms with Gasteiger partial charge in [0.1, 0.15) is 0 Å². The van der Waals surface area contributed by atoms with Crippen LogP contribution in [-0.2, 0) is 0 Å². The number of nitrogens with two attached hydrogens (primary N) is 1. The molecular weight excluding hydrogens is 260 g/mol. The maximum absolute atomic E-state index is 6.37. The quantitative estimate of drug-likeness (QED) is 0.818. The number of anilines is 2. The molecule has 2 aromatic rings. The number of aromatic nitrogens is 1. The Morgan fingerprint density at radius 2 is 1.76 bits per heavy atom. The summed E-state index contributed by atoms with van der Waals surface area (Å²) in [6.45, 7) is 11.0. The fourth-order valence-corrected chi connectivity index (χ4v) is 3.06. The largest absolute Gasteiger partial charge is 0.396 e. The van der Waals surface area contributed by atoms with Crippen molar-refractivity contribution in [1.82, 2.24) is 9.88 Å². The van der Waals surface area contributed by atoms with E-state index < -0.39 is 0 Å². The first-order valence-electron chi connectivity index (χ1n) is 7.60. The van der Waals surface area contributed by atoms with E-state index in [4.69, 9.17) is 5.73 Å². The average molecular weight is 284 g/mol. The molecule has 1 saturated heterocycles. The highest BCUT2D eigenvalue weighted by molar-refractivity contribution is 5.97. The Hall–Kier alpha value is -1.81. The van der Waals surface area contributed by atoms with E-state index in [0.29, 0.717) is 0 Å². The van der Waals surface area contributed by atoms with Gasteiger partial charge in [-0.2, -0.15) is 0 Å². The van der Waals surface area contributed by atoms with Crippen LogP contribution < -0.4 is 10.6 Å². The van der Waals surface area contributed by atoms with E-state index in [-0.39, 0.29) is 5.54 Å². The Bertz CT molecular complexity index is 637. The number of nitrogens with zero attached hydrogens (tertiary/aromatic N) is 3. The molecule has 0 radical (unpaired) electrons. The number of fused-ring (bicyclic) bond motifs is 1. The maximum Gasteiger partial charge on any atom is 0.0724 e. The lowest BCUT2D eigenvalue weighted by Crippen LogP contribution is -2.53. The third kappa shape index (κ3) is 2.68. The highest BCUT2D eigenvalue weighted by Crippen LogP contribution is 2.31. The second-order valence-corrected chi connectivity index (χ2v) is 6.71. The number of nitrogen functional groups attached to an aromatic ring is 1. The Balaban J connectivity index is 1.84. The highest BCUT2D eigenvalue weighted by Gasteiger charge is 2.26. The van der Waals surface area contributed by atoms with E-state index in [9.17, 15) is 0 Å². The molecule has 0 saturated carbocycles. The van der Waals surface area contributed by atoms with E-state index in [1.807, 2.05) is 18.3 Å². The molecule has 2 N–H and O–H groups in total. The standard InChI is InChI=1S/C17H24N4/c1-17(2,3)21-11-9-20(10-12-21)15-7-6-14-13(16(15)18)5-4-8-19-14/h4-8H,9-12,18H2,1-3H3. The van der Waals surface area contributed by atoms with E-state index in [0.717, 1.165) is 48.5 Å². The molecule has 0 aliphatic carbocycles. The van der Waals surface area contributed by atoms with Crippen molar-refractivity contribution in [2.45, 2.75) is 26.3 Å². The van der Waals surface area contributed by atoms with Crippen molar-refractivity contribution in [1.29, 1.82) is 0 Å². The number of hydrogen-bond acceptors (Lipinski definition) is 4. The van der Waals surface area contributed by atoms with Crippen LogP contribution in [0.2, 0.25) is 0 Å². The minimum absolute atomic E-state index is 0.241. The Morgan fingerprint density at radius 3 is 2.43 bits per heavy atom. The molecule has 0 atom stereocenters. The maximum atomic E-state index is 6.37. The minimum atomic E-state index is 0.241. The van der Waals surface area contributed by atoms with E-state index >= 15 is 0 Å². The zero-order valence-electron chi connectivity index (χ0n) is 13.1. The van der Waals surface area contributed by atoms with Crippen molar-refractivity contribution in [3.8, 4) is 0 Å². The molecule has 0 bridgehead atoms. The van der Waals surface area contributed by atoms with Crippen molar-refractivity contribution in [3.63, 3.8) is 0 Å². The van der Waals surface area contributed by atoms with Crippen molar-refractivity contribution in [3.05, 3.63) is 30.5 Å². The van der Waals surface area contributed by atoms with Crippen LogP contribution in [0.5, 0.6) is 0 Å². The molecule has 3 rings (SSSR count). The molecule has 1 aliphatic heterocycles. The van der Waals surface area contributed by atoms with Crippen molar-refractivity contribution in [2.75, 3.05) is 36.8 Å². The summed E-state index contributed by atoms with van der Waals surface area (Å²) < 4.78 is 0. The molecule has 1 aromatic carbocycles. The molecule has 0 amide bonds. The number of rotatable bonds is 1. The number of pyridine rings is 1. The summed E-state index contributed by atoms with van der Waals surface area (Å²) in [7, 11) is 0. The Kier molecular flexibility index (Phi) is 3.49. The lowest BCUT2D eigenvalue weighted by atomic mass is 10.0. The van der Waals surface area contributed by atoms with Crippen LogP contribution in [0.25, 0.3) is 10.9 Å². The average Bonchev–Trinajstić information content (AvgIpc) is 2.47. The van der Waals surface area contributed by atoms with Crippen LogP contribution in [0, 0.1) is 0 Å². The summed E-state index contributed by atoms with van der Waals surface area (Å²) in [6, 6.07) is 8.17. The van der Waals surface area contributed by atoms with Gasteiger partial charge in [0.2, 0.25) is 0 Å². The van der Waals surface area contributed by atoms with Gasteiger partial charge in [0.25, 0.3) is 0 Å². The van der Waals surface area contributed by atoms with Gasteiger partial charge < -0.3 is 10.6 Å². The predicted octanol–water partition coefficient (Wildman–Crippen LogP) is 2.74. The lowest BCUT2D eigenvalue weighted by molar-refractivity contribution is 0.128. The number of piperazine rings is 1. The van der Waals surface area contributed by atoms with Gasteiger partial charge in [-0.15, -0.1) is 0 Å². The summed E-state index contributed by atoms with van der Waals surface area (Å²) in [6.07, 6.45) is 1.81. The van der Waals surface area contributed by atoms with Gasteiger partial charge in [-0.1, -0.05) is 0 Å². The van der Waals surface area contributed by atoms with Crippen LogP contribution in [0.15, 0.2) is 30.5 Å². The summed E-state index contributed by atoms with van der Waals surface area (Å²) >= 11 is 0. The second kappa shape index (κ2) is 5.19. The van der Waals surface area contributed by atoms with Crippen molar-refractivity contribution in [2.24, 2.45) is 0 Å². The smallest absolute Gasteiger partial charge is 0.0724 e. The third-order valence-electron chi connectivity index (χ3n) is 4.37. The molecule has 0 spiro atoms. The molecule has 4 heteroatoms. The zero-order chi connectivity index (χ0) is 15.0. The zero-order valence-corrected chi connectivity index (χ0v) is 13.1. The predicted molar refractivity (Wildman–Crippen MR) is 89.7 cm³/mol. The summed E-state index contributed by atoms with van der Waals surface area (Å²) in [5.41, 5.74) is 9.58. The van der Waals surface area contributed by atoms with Gasteiger partial charge >= 0.3 is 0 Å². The number of benzene rings is 1. The molecule has 4 nitrogen and oxygen atoms in total. The molecule has 1 aromatic heterocycles. The first-order chi connectivity index (χ1) is 9.97. The van der Waals surface area contributed by atoms with Crippen LogP contribution in [0.1, 0.15) is 20.8 Å². The fraction of sp³-hybridized carbons (Fsp3) is 0.471. The lowest BCUT2D eigenvalue weighted by Gasteiger charge is -2.43. The topological polar surface area (TPSA) is 45.4 Å². The van der Waals surface area contributed by atoms with Gasteiger partial charge in [0.15, 0.2) is 0 Å². The SMILES string of the molecule is CC(C)(C)N1CCN(c2ccc3ncccc3c2N)CC1. The van der Waals surface area contributed by atoms with Crippen LogP contribution >= 0.6 is 0 Å². The van der Waals surface area contributed by atoms with Gasteiger partial charge in [-0.3, -0.25) is 9.88 Å². The van der Waals surface area contributed by atoms with E-state index in [2.05, 4.69) is 47.7 Å². The number of hydrogen-bond donors (Lipinski definition) is 1. The Morgan fingerprint density at radius 1 is 1.05 bits per heavy atom. The fourth-order valence-electron chi connectivity index (χ4n) is 3.06. The first kappa shape index (κ1) is 14.1. The molecule has 1 aliphatic rings. The van der Waals surface area contributed by atoms with E-state index in [1.54, 1.807) is 0 Å². The normalized spacial score (nSPS) is 17.4. The second-order valence-electron chi connectivity index (χ2n) is 6.71. The van der Waals surface area contributed by atoms with Crippen molar-refractivity contribution >= 4 is 22.3 Å². The van der Waals surface area contributed by atoms with Crippen LogP contribution in [0.4, 0.5) is 11.4 Å². The van der Waals surface area contributed by atoms with Gasteiger partial charge in [-0.05, 0) is 45.0 Å². The molecular formula is C17H24N4. The summed E-state index contributed by atoms with van der Waals surface area (Å²) in [5, 5.41) is 1.05. The van der Waals surface area contributed by atoms with Gasteiger partial charge in [0, 0.05) is 43.3 Å². The summed E-state index contributed by atoms with van der Waals surface area (Å²) in [4.78, 5) is 9.29. The monoisotopic (exact) mass is 284 g/mol. The van der Waals surface area contributed by atoms with E-state index in [1.165, 1.54) is 0 Å². The highest BCUT2D eigenvalue weighted by atomic mass is 15.3. The van der Waals surface area contributed by atoms with Crippen LogP contribution in [-0.4, -0.2) is 41.6 Å². The molecule has 1 fully saturated rings. The van der Waals surface area contributed by atoms with Gasteiger partial charge in [-0.25, -0.2) is 0 Å².